The Hall–Kier alpha value is -0.990. The summed E-state index contributed by atoms with van der Waals surface area (Å²) in [5, 5.41) is 9.14. The molecule has 0 spiro atoms. The van der Waals surface area contributed by atoms with Gasteiger partial charge in [-0.1, -0.05) is 0 Å². The number of hydrogen-bond donors (Lipinski definition) is 1. The Labute approximate surface area is 123 Å². The molecule has 0 aliphatic carbocycles. The Kier molecular flexibility index (Phi) is 5.67. The summed E-state index contributed by atoms with van der Waals surface area (Å²) in [6.07, 6.45) is 3.29. The van der Waals surface area contributed by atoms with Crippen molar-refractivity contribution in [2.45, 2.75) is 24.8 Å². The fraction of sp³-hybridized carbons (Fsp3) is 0.583. The molecule has 0 aliphatic heterocycles. The van der Waals surface area contributed by atoms with Gasteiger partial charge >= 0.3 is 5.97 Å². The van der Waals surface area contributed by atoms with Crippen LogP contribution in [0.15, 0.2) is 17.2 Å². The van der Waals surface area contributed by atoms with E-state index in [0.29, 0.717) is 12.3 Å². The Morgan fingerprint density at radius 3 is 2.50 bits per heavy atom. The average Bonchev–Trinajstić information content (AvgIpc) is 2.81. The molecule has 0 saturated heterocycles. The van der Waals surface area contributed by atoms with Gasteiger partial charge < -0.3 is 9.67 Å². The van der Waals surface area contributed by atoms with E-state index in [-0.39, 0.29) is 16.6 Å². The summed E-state index contributed by atoms with van der Waals surface area (Å²) in [6.45, 7) is 4.00. The maximum Gasteiger partial charge on any atom is 0.352 e. The fourth-order valence-corrected chi connectivity index (χ4v) is 3.48. The van der Waals surface area contributed by atoms with Crippen molar-refractivity contribution in [2.24, 2.45) is 0 Å². The second kappa shape index (κ2) is 6.64. The van der Waals surface area contributed by atoms with E-state index < -0.39 is 16.0 Å². The van der Waals surface area contributed by atoms with E-state index in [4.69, 9.17) is 5.11 Å². The quantitative estimate of drug-likeness (QED) is 0.828. The summed E-state index contributed by atoms with van der Waals surface area (Å²) < 4.78 is 27.4. The van der Waals surface area contributed by atoms with E-state index in [2.05, 4.69) is 0 Å². The molecule has 8 heteroatoms. The maximum absolute atomic E-state index is 12.4. The molecule has 1 aromatic heterocycles. The Bertz CT molecular complexity index is 578. The highest BCUT2D eigenvalue weighted by Crippen LogP contribution is 2.21. The van der Waals surface area contributed by atoms with E-state index >= 15 is 0 Å². The molecule has 1 N–H and O–H groups in total. The summed E-state index contributed by atoms with van der Waals surface area (Å²) in [5.74, 6) is -0.446. The molecule has 0 bridgehead atoms. The van der Waals surface area contributed by atoms with E-state index in [9.17, 15) is 13.2 Å². The van der Waals surface area contributed by atoms with Crippen molar-refractivity contribution in [3.8, 4) is 0 Å². The lowest BCUT2D eigenvalue weighted by Gasteiger charge is -2.15. The van der Waals surface area contributed by atoms with Gasteiger partial charge in [-0.05, 0) is 26.2 Å². The van der Waals surface area contributed by atoms with Gasteiger partial charge in [0.05, 0.1) is 0 Å². The van der Waals surface area contributed by atoms with E-state index in [1.165, 1.54) is 28.2 Å². The van der Waals surface area contributed by atoms with E-state index in [1.54, 1.807) is 25.6 Å². The molecule has 0 saturated carbocycles. The molecule has 6 nitrogen and oxygen atoms in total. The number of aromatic carboxylic acids is 1. The third-order valence-electron chi connectivity index (χ3n) is 2.92. The summed E-state index contributed by atoms with van der Waals surface area (Å²) >= 11 is 1.55. The van der Waals surface area contributed by atoms with Crippen LogP contribution < -0.4 is 0 Å². The van der Waals surface area contributed by atoms with Gasteiger partial charge in [0.15, 0.2) is 0 Å². The standard InChI is InChI=1S/C12H20N2O4S2/c1-9(2)14-8-10(7-11(14)12(15)16)20(17,18)13(3)5-6-19-4/h7-9H,5-6H2,1-4H3,(H,15,16). The van der Waals surface area contributed by atoms with Gasteiger partial charge in [0.25, 0.3) is 0 Å². The van der Waals surface area contributed by atoms with Crippen LogP contribution in [0, 0.1) is 0 Å². The predicted octanol–water partition coefficient (Wildman–Crippen LogP) is 1.75. The third-order valence-corrected chi connectivity index (χ3v) is 5.33. The molecule has 114 valence electrons. The normalized spacial score (nSPS) is 12.3. The SMILES string of the molecule is CSCCN(C)S(=O)(=O)c1cc(C(=O)O)n(C(C)C)c1. The highest BCUT2D eigenvalue weighted by molar-refractivity contribution is 7.98. The van der Waals surface area contributed by atoms with Crippen molar-refractivity contribution >= 4 is 27.8 Å². The molecule has 1 aromatic rings. The molecule has 0 amide bonds. The topological polar surface area (TPSA) is 79.6 Å². The molecule has 1 rings (SSSR count). The van der Waals surface area contributed by atoms with Gasteiger partial charge in [0.2, 0.25) is 10.0 Å². The summed E-state index contributed by atoms with van der Waals surface area (Å²) in [5.41, 5.74) is -0.0168. The highest BCUT2D eigenvalue weighted by atomic mass is 32.2. The Morgan fingerprint density at radius 1 is 1.50 bits per heavy atom. The second-order valence-corrected chi connectivity index (χ2v) is 7.72. The van der Waals surface area contributed by atoms with E-state index in [0.717, 1.165) is 0 Å². The monoisotopic (exact) mass is 320 g/mol. The van der Waals surface area contributed by atoms with Crippen LogP contribution in [0.4, 0.5) is 0 Å². The van der Waals surface area contributed by atoms with Crippen molar-refractivity contribution < 1.29 is 18.3 Å². The number of carbonyl (C=O) groups is 1. The minimum atomic E-state index is -3.64. The first-order valence-corrected chi connectivity index (χ1v) is 8.95. The molecular weight excluding hydrogens is 300 g/mol. The van der Waals surface area contributed by atoms with Crippen LogP contribution in [-0.2, 0) is 10.0 Å². The number of thioether (sulfide) groups is 1. The molecule has 0 fully saturated rings. The van der Waals surface area contributed by atoms with Crippen LogP contribution in [0.5, 0.6) is 0 Å². The lowest BCUT2D eigenvalue weighted by molar-refractivity contribution is 0.0683. The number of aromatic nitrogens is 1. The summed E-state index contributed by atoms with van der Waals surface area (Å²) in [4.78, 5) is 11.2. The first-order valence-electron chi connectivity index (χ1n) is 6.12. The minimum absolute atomic E-state index is 0.0168. The van der Waals surface area contributed by atoms with Gasteiger partial charge in [-0.2, -0.15) is 11.8 Å². The average molecular weight is 320 g/mol. The zero-order valence-corrected chi connectivity index (χ0v) is 13.7. The van der Waals surface area contributed by atoms with Gasteiger partial charge in [-0.3, -0.25) is 0 Å². The zero-order chi connectivity index (χ0) is 15.5. The number of carboxylic acid groups (broad SMARTS) is 1. The molecule has 0 radical (unpaired) electrons. The molecule has 0 aromatic carbocycles. The molecule has 0 aliphatic rings. The van der Waals surface area contributed by atoms with Crippen LogP contribution in [0.25, 0.3) is 0 Å². The minimum Gasteiger partial charge on any atom is -0.477 e. The number of sulfonamides is 1. The first-order chi connectivity index (χ1) is 9.21. The summed E-state index contributed by atoms with van der Waals surface area (Å²) in [6, 6.07) is 1.09. The largest absolute Gasteiger partial charge is 0.477 e. The van der Waals surface area contributed by atoms with Crippen LogP contribution in [-0.4, -0.2) is 54.0 Å². The maximum atomic E-state index is 12.4. The number of hydrogen-bond acceptors (Lipinski definition) is 4. The Morgan fingerprint density at radius 2 is 2.10 bits per heavy atom. The van der Waals surface area contributed by atoms with Crippen LogP contribution in [0.1, 0.15) is 30.4 Å². The smallest absolute Gasteiger partial charge is 0.352 e. The Balaban J connectivity index is 3.19. The molecule has 1 heterocycles. The van der Waals surface area contributed by atoms with Crippen molar-refractivity contribution in [2.75, 3.05) is 25.6 Å². The van der Waals surface area contributed by atoms with Gasteiger partial charge in [-0.25, -0.2) is 17.5 Å². The van der Waals surface area contributed by atoms with Crippen LogP contribution in [0.3, 0.4) is 0 Å². The number of rotatable bonds is 7. The van der Waals surface area contributed by atoms with Gasteiger partial charge in [0.1, 0.15) is 10.6 Å². The third kappa shape index (κ3) is 3.56. The second-order valence-electron chi connectivity index (χ2n) is 4.69. The highest BCUT2D eigenvalue weighted by Gasteiger charge is 2.25. The van der Waals surface area contributed by atoms with Crippen LogP contribution >= 0.6 is 11.8 Å². The fourth-order valence-electron chi connectivity index (χ4n) is 1.71. The number of nitrogens with zero attached hydrogens (tertiary/aromatic N) is 2. The lowest BCUT2D eigenvalue weighted by Crippen LogP contribution is -2.28. The zero-order valence-electron chi connectivity index (χ0n) is 12.0. The predicted molar refractivity (Wildman–Crippen MR) is 80.0 cm³/mol. The molecule has 0 unspecified atom stereocenters. The lowest BCUT2D eigenvalue weighted by atomic mass is 10.3. The van der Waals surface area contributed by atoms with Crippen molar-refractivity contribution in [3.63, 3.8) is 0 Å². The van der Waals surface area contributed by atoms with Crippen molar-refractivity contribution in [1.29, 1.82) is 0 Å². The van der Waals surface area contributed by atoms with Crippen molar-refractivity contribution in [3.05, 3.63) is 18.0 Å². The molecule has 0 atom stereocenters. The molecular formula is C12H20N2O4S2. The number of carboxylic acids is 1. The van der Waals surface area contributed by atoms with E-state index in [1.807, 2.05) is 6.26 Å². The van der Waals surface area contributed by atoms with Gasteiger partial charge in [-0.15, -0.1) is 0 Å². The first kappa shape index (κ1) is 17.1. The molecule has 20 heavy (non-hydrogen) atoms. The van der Waals surface area contributed by atoms with Crippen molar-refractivity contribution in [1.82, 2.24) is 8.87 Å². The summed E-state index contributed by atoms with van der Waals surface area (Å²) in [7, 11) is -2.15. The van der Waals surface area contributed by atoms with Gasteiger partial charge in [0, 0.05) is 31.6 Å². The van der Waals surface area contributed by atoms with Crippen LogP contribution in [0.2, 0.25) is 0 Å².